The SMILES string of the molecule is O=C(NCC(c1ccco1)N1CCOCC1)C(=O)Nc1cc2c3c(c1)CCC(=O)N3CCC2. The normalized spacial score (nSPS) is 19.0. The zero-order chi connectivity index (χ0) is 22.8. The van der Waals surface area contributed by atoms with Crippen molar-refractivity contribution in [3.8, 4) is 0 Å². The van der Waals surface area contributed by atoms with Crippen LogP contribution in [0.2, 0.25) is 0 Å². The fraction of sp³-hybridized carbons (Fsp3) is 0.458. The summed E-state index contributed by atoms with van der Waals surface area (Å²) in [6.45, 7) is 3.69. The third kappa shape index (κ3) is 4.51. The number of benzene rings is 1. The third-order valence-corrected chi connectivity index (χ3v) is 6.55. The molecule has 1 fully saturated rings. The summed E-state index contributed by atoms with van der Waals surface area (Å²) in [4.78, 5) is 41.5. The molecule has 3 aliphatic rings. The van der Waals surface area contributed by atoms with Gasteiger partial charge in [-0.1, -0.05) is 0 Å². The fourth-order valence-corrected chi connectivity index (χ4v) is 4.96. The van der Waals surface area contributed by atoms with E-state index in [1.807, 2.05) is 29.2 Å². The summed E-state index contributed by atoms with van der Waals surface area (Å²) >= 11 is 0. The van der Waals surface area contributed by atoms with Gasteiger partial charge in [0.2, 0.25) is 5.91 Å². The van der Waals surface area contributed by atoms with Gasteiger partial charge in [0.15, 0.2) is 0 Å². The highest BCUT2D eigenvalue weighted by molar-refractivity contribution is 6.39. The fourth-order valence-electron chi connectivity index (χ4n) is 4.96. The van der Waals surface area contributed by atoms with Crippen molar-refractivity contribution < 1.29 is 23.5 Å². The van der Waals surface area contributed by atoms with Crippen molar-refractivity contribution >= 4 is 29.1 Å². The number of aryl methyl sites for hydroxylation is 2. The number of anilines is 2. The van der Waals surface area contributed by atoms with Crippen molar-refractivity contribution in [3.05, 3.63) is 47.4 Å². The van der Waals surface area contributed by atoms with E-state index < -0.39 is 11.8 Å². The largest absolute Gasteiger partial charge is 0.468 e. The number of rotatable bonds is 5. The molecule has 0 spiro atoms. The van der Waals surface area contributed by atoms with Crippen molar-refractivity contribution in [2.75, 3.05) is 49.6 Å². The van der Waals surface area contributed by atoms with Crippen LogP contribution in [0.4, 0.5) is 11.4 Å². The number of nitrogens with zero attached hydrogens (tertiary/aromatic N) is 2. The zero-order valence-corrected chi connectivity index (χ0v) is 18.5. The standard InChI is InChI=1S/C24H28N4O5/c29-21-6-5-17-14-18(13-16-3-1-7-28(21)22(16)17)26-24(31)23(30)25-15-19(20-4-2-10-33-20)27-8-11-32-12-9-27/h2,4,10,13-14,19H,1,3,5-9,11-12,15H2,(H,25,30)(H,26,31). The first-order valence-electron chi connectivity index (χ1n) is 11.5. The van der Waals surface area contributed by atoms with E-state index in [9.17, 15) is 14.4 Å². The number of morpholine rings is 1. The predicted octanol–water partition coefficient (Wildman–Crippen LogP) is 1.63. The van der Waals surface area contributed by atoms with E-state index in [0.29, 0.717) is 31.7 Å². The van der Waals surface area contributed by atoms with Crippen LogP contribution in [0.5, 0.6) is 0 Å². The lowest BCUT2D eigenvalue weighted by atomic mass is 9.91. The molecule has 0 saturated carbocycles. The molecule has 1 unspecified atom stereocenters. The molecule has 3 aliphatic heterocycles. The van der Waals surface area contributed by atoms with Gasteiger partial charge in [-0.3, -0.25) is 19.3 Å². The third-order valence-electron chi connectivity index (χ3n) is 6.55. The molecule has 1 aromatic heterocycles. The molecule has 3 amide bonds. The molecule has 174 valence electrons. The number of carbonyl (C=O) groups excluding carboxylic acids is 3. The Labute approximate surface area is 192 Å². The molecule has 9 heteroatoms. The van der Waals surface area contributed by atoms with Crippen molar-refractivity contribution in [2.24, 2.45) is 0 Å². The molecule has 1 aromatic carbocycles. The Morgan fingerprint density at radius 3 is 2.58 bits per heavy atom. The molecular weight excluding hydrogens is 424 g/mol. The van der Waals surface area contributed by atoms with Gasteiger partial charge < -0.3 is 24.7 Å². The van der Waals surface area contributed by atoms with Crippen LogP contribution in [-0.4, -0.2) is 62.0 Å². The van der Waals surface area contributed by atoms with Crippen LogP contribution in [0.15, 0.2) is 34.9 Å². The number of hydrogen-bond donors (Lipinski definition) is 2. The summed E-state index contributed by atoms with van der Waals surface area (Å²) in [7, 11) is 0. The number of carbonyl (C=O) groups is 3. The lowest BCUT2D eigenvalue weighted by molar-refractivity contribution is -0.136. The van der Waals surface area contributed by atoms with Crippen LogP contribution >= 0.6 is 0 Å². The highest BCUT2D eigenvalue weighted by atomic mass is 16.5. The molecule has 4 heterocycles. The van der Waals surface area contributed by atoms with Gasteiger partial charge >= 0.3 is 11.8 Å². The average molecular weight is 453 g/mol. The molecule has 1 atom stereocenters. The molecule has 0 bridgehead atoms. The first-order chi connectivity index (χ1) is 16.1. The lowest BCUT2D eigenvalue weighted by Crippen LogP contribution is -2.45. The average Bonchev–Trinajstić information content (AvgIpc) is 3.36. The zero-order valence-electron chi connectivity index (χ0n) is 18.5. The van der Waals surface area contributed by atoms with E-state index in [2.05, 4.69) is 15.5 Å². The summed E-state index contributed by atoms with van der Waals surface area (Å²) in [5.74, 6) is -0.499. The number of furan rings is 1. The summed E-state index contributed by atoms with van der Waals surface area (Å²) < 4.78 is 11.0. The van der Waals surface area contributed by atoms with E-state index >= 15 is 0 Å². The molecule has 0 aliphatic carbocycles. The van der Waals surface area contributed by atoms with Gasteiger partial charge in [0.05, 0.1) is 31.2 Å². The molecule has 2 aromatic rings. The van der Waals surface area contributed by atoms with Crippen LogP contribution in [0.1, 0.15) is 35.8 Å². The Hall–Kier alpha value is -3.17. The monoisotopic (exact) mass is 452 g/mol. The van der Waals surface area contributed by atoms with Gasteiger partial charge in [-0.25, -0.2) is 0 Å². The molecule has 1 saturated heterocycles. The van der Waals surface area contributed by atoms with Crippen LogP contribution in [-0.2, 0) is 32.0 Å². The summed E-state index contributed by atoms with van der Waals surface area (Å²) in [6, 6.07) is 7.29. The highest BCUT2D eigenvalue weighted by Crippen LogP contribution is 2.37. The summed E-state index contributed by atoms with van der Waals surface area (Å²) in [5.41, 5.74) is 3.68. The first kappa shape index (κ1) is 21.7. The second-order valence-corrected chi connectivity index (χ2v) is 8.64. The van der Waals surface area contributed by atoms with Crippen LogP contribution in [0, 0.1) is 0 Å². The first-order valence-corrected chi connectivity index (χ1v) is 11.5. The Morgan fingerprint density at radius 1 is 1.03 bits per heavy atom. The number of nitrogens with one attached hydrogen (secondary N) is 2. The maximum atomic E-state index is 12.6. The second kappa shape index (κ2) is 9.36. The van der Waals surface area contributed by atoms with Crippen molar-refractivity contribution in [2.45, 2.75) is 31.7 Å². The molecule has 5 rings (SSSR count). The van der Waals surface area contributed by atoms with E-state index in [0.717, 1.165) is 55.1 Å². The highest BCUT2D eigenvalue weighted by Gasteiger charge is 2.30. The van der Waals surface area contributed by atoms with Crippen molar-refractivity contribution in [1.29, 1.82) is 0 Å². The molecule has 2 N–H and O–H groups in total. The summed E-state index contributed by atoms with van der Waals surface area (Å²) in [6.07, 6.45) is 4.48. The van der Waals surface area contributed by atoms with E-state index in [1.54, 1.807) is 6.26 Å². The summed E-state index contributed by atoms with van der Waals surface area (Å²) in [5, 5.41) is 5.50. The van der Waals surface area contributed by atoms with Gasteiger partial charge in [-0.2, -0.15) is 0 Å². The Balaban J connectivity index is 1.25. The number of amides is 3. The number of hydrogen-bond acceptors (Lipinski definition) is 6. The van der Waals surface area contributed by atoms with Gasteiger partial charge in [-0.05, 0) is 54.7 Å². The van der Waals surface area contributed by atoms with Gasteiger partial charge in [0.25, 0.3) is 0 Å². The molecule has 0 radical (unpaired) electrons. The van der Waals surface area contributed by atoms with E-state index in [1.165, 1.54) is 0 Å². The van der Waals surface area contributed by atoms with Gasteiger partial charge in [-0.15, -0.1) is 0 Å². The van der Waals surface area contributed by atoms with Crippen LogP contribution in [0.3, 0.4) is 0 Å². The number of ether oxygens (including phenoxy) is 1. The minimum Gasteiger partial charge on any atom is -0.468 e. The predicted molar refractivity (Wildman–Crippen MR) is 121 cm³/mol. The maximum absolute atomic E-state index is 12.6. The Bertz CT molecular complexity index is 1030. The Morgan fingerprint density at radius 2 is 1.82 bits per heavy atom. The van der Waals surface area contributed by atoms with Gasteiger partial charge in [0.1, 0.15) is 5.76 Å². The smallest absolute Gasteiger partial charge is 0.313 e. The Kier molecular flexibility index (Phi) is 6.15. The lowest BCUT2D eigenvalue weighted by Gasteiger charge is -2.35. The van der Waals surface area contributed by atoms with Gasteiger partial charge in [0, 0.05) is 38.3 Å². The minimum absolute atomic E-state index is 0.158. The van der Waals surface area contributed by atoms with Crippen LogP contribution in [0.25, 0.3) is 0 Å². The minimum atomic E-state index is -0.707. The quantitative estimate of drug-likeness (QED) is 0.669. The van der Waals surface area contributed by atoms with Crippen molar-refractivity contribution in [1.82, 2.24) is 10.2 Å². The van der Waals surface area contributed by atoms with E-state index in [-0.39, 0.29) is 18.5 Å². The molecule has 33 heavy (non-hydrogen) atoms. The van der Waals surface area contributed by atoms with Crippen molar-refractivity contribution in [3.63, 3.8) is 0 Å². The second-order valence-electron chi connectivity index (χ2n) is 8.64. The van der Waals surface area contributed by atoms with E-state index in [4.69, 9.17) is 9.15 Å². The molecular formula is C24H28N4O5. The topological polar surface area (TPSA) is 104 Å². The maximum Gasteiger partial charge on any atom is 0.313 e. The molecule has 9 nitrogen and oxygen atoms in total. The van der Waals surface area contributed by atoms with Crippen LogP contribution < -0.4 is 15.5 Å².